The van der Waals surface area contributed by atoms with Gasteiger partial charge in [0.1, 0.15) is 0 Å². The zero-order valence-corrected chi connectivity index (χ0v) is 12.6. The first-order chi connectivity index (χ1) is 8.41. The Bertz CT molecular complexity index is 324. The summed E-state index contributed by atoms with van der Waals surface area (Å²) in [5.41, 5.74) is 0. The highest BCUT2D eigenvalue weighted by Gasteiger charge is 2.19. The quantitative estimate of drug-likeness (QED) is 0.674. The molecule has 0 radical (unpaired) electrons. The zero-order chi connectivity index (χ0) is 13.6. The van der Waals surface area contributed by atoms with Gasteiger partial charge in [-0.2, -0.15) is 0 Å². The first-order valence-electron chi connectivity index (χ1n) is 6.85. The molecule has 0 aliphatic carbocycles. The summed E-state index contributed by atoms with van der Waals surface area (Å²) < 4.78 is 26.2. The van der Waals surface area contributed by atoms with Crippen molar-refractivity contribution in [3.05, 3.63) is 0 Å². The molecule has 1 rings (SSSR count). The molecule has 0 amide bonds. The van der Waals surface area contributed by atoms with Crippen molar-refractivity contribution in [3.63, 3.8) is 0 Å². The molecule has 1 heterocycles. The summed E-state index contributed by atoms with van der Waals surface area (Å²) in [6.45, 7) is 9.32. The van der Waals surface area contributed by atoms with Crippen molar-refractivity contribution in [3.8, 4) is 0 Å². The fourth-order valence-corrected chi connectivity index (χ4v) is 3.14. The monoisotopic (exact) mass is 277 g/mol. The summed E-state index contributed by atoms with van der Waals surface area (Å²) in [4.78, 5) is 2.34. The maximum absolute atomic E-state index is 11.8. The first-order valence-corrected chi connectivity index (χ1v) is 8.51. The van der Waals surface area contributed by atoms with Crippen molar-refractivity contribution in [2.24, 2.45) is 0 Å². The molecule has 1 aliphatic heterocycles. The van der Waals surface area contributed by atoms with E-state index in [1.54, 1.807) is 0 Å². The van der Waals surface area contributed by atoms with Crippen LogP contribution in [0.4, 0.5) is 0 Å². The Hall–Kier alpha value is -0.170. The predicted octanol–water partition coefficient (Wildman–Crippen LogP) is 0.388. The van der Waals surface area contributed by atoms with Gasteiger partial charge in [0, 0.05) is 25.2 Å². The Balaban J connectivity index is 2.23. The number of hydrogen-bond donors (Lipinski definition) is 2. The van der Waals surface area contributed by atoms with Crippen molar-refractivity contribution in [2.75, 3.05) is 31.9 Å². The SMILES string of the molecule is CC(C)NCCS(=O)(=O)NCC(C)N1CCCC1. The number of nitrogens with zero attached hydrogens (tertiary/aromatic N) is 1. The van der Waals surface area contributed by atoms with E-state index in [1.165, 1.54) is 12.8 Å². The fraction of sp³-hybridized carbons (Fsp3) is 1.00. The van der Waals surface area contributed by atoms with Gasteiger partial charge in [0.05, 0.1) is 5.75 Å². The topological polar surface area (TPSA) is 61.4 Å². The number of sulfonamides is 1. The van der Waals surface area contributed by atoms with Gasteiger partial charge < -0.3 is 5.32 Å². The van der Waals surface area contributed by atoms with Gasteiger partial charge in [-0.3, -0.25) is 4.90 Å². The molecule has 0 bridgehead atoms. The summed E-state index contributed by atoms with van der Waals surface area (Å²) in [5, 5.41) is 3.11. The maximum Gasteiger partial charge on any atom is 0.212 e. The molecule has 1 atom stereocenters. The molecule has 2 N–H and O–H groups in total. The van der Waals surface area contributed by atoms with E-state index in [0.717, 1.165) is 13.1 Å². The molecular weight excluding hydrogens is 250 g/mol. The minimum Gasteiger partial charge on any atom is -0.313 e. The molecule has 5 nitrogen and oxygen atoms in total. The average molecular weight is 277 g/mol. The molecule has 18 heavy (non-hydrogen) atoms. The van der Waals surface area contributed by atoms with Gasteiger partial charge in [0.25, 0.3) is 0 Å². The van der Waals surface area contributed by atoms with Crippen molar-refractivity contribution >= 4 is 10.0 Å². The average Bonchev–Trinajstić information content (AvgIpc) is 2.78. The molecular formula is C12H27N3O2S. The summed E-state index contributed by atoms with van der Waals surface area (Å²) >= 11 is 0. The van der Waals surface area contributed by atoms with Crippen LogP contribution >= 0.6 is 0 Å². The Morgan fingerprint density at radius 2 is 1.78 bits per heavy atom. The highest BCUT2D eigenvalue weighted by atomic mass is 32.2. The van der Waals surface area contributed by atoms with Crippen molar-refractivity contribution < 1.29 is 8.42 Å². The standard InChI is InChI=1S/C12H27N3O2S/c1-11(2)13-6-9-18(16,17)14-10-12(3)15-7-4-5-8-15/h11-14H,4-10H2,1-3H3. The molecule has 1 fully saturated rings. The molecule has 0 saturated carbocycles. The third-order valence-corrected chi connectivity index (χ3v) is 4.63. The molecule has 108 valence electrons. The molecule has 1 aliphatic rings. The van der Waals surface area contributed by atoms with Gasteiger partial charge in [-0.05, 0) is 32.9 Å². The highest BCUT2D eigenvalue weighted by Crippen LogP contribution is 2.10. The lowest BCUT2D eigenvalue weighted by Crippen LogP contribution is -2.42. The van der Waals surface area contributed by atoms with E-state index in [-0.39, 0.29) is 5.75 Å². The molecule has 6 heteroatoms. The molecule has 0 aromatic heterocycles. The van der Waals surface area contributed by atoms with Gasteiger partial charge in [-0.1, -0.05) is 13.8 Å². The van der Waals surface area contributed by atoms with Crippen LogP contribution in [0.2, 0.25) is 0 Å². The van der Waals surface area contributed by atoms with Crippen LogP contribution in [0, 0.1) is 0 Å². The lowest BCUT2D eigenvalue weighted by atomic mass is 10.3. The number of rotatable bonds is 8. The first kappa shape index (κ1) is 15.9. The van der Waals surface area contributed by atoms with Crippen molar-refractivity contribution in [2.45, 2.75) is 45.7 Å². The summed E-state index contributed by atoms with van der Waals surface area (Å²) in [6.07, 6.45) is 2.46. The summed E-state index contributed by atoms with van der Waals surface area (Å²) in [7, 11) is -3.14. The third-order valence-electron chi connectivity index (χ3n) is 3.29. The number of nitrogens with one attached hydrogen (secondary N) is 2. The smallest absolute Gasteiger partial charge is 0.212 e. The Labute approximate surface area is 111 Å². The van der Waals surface area contributed by atoms with Crippen LogP contribution in [0.5, 0.6) is 0 Å². The van der Waals surface area contributed by atoms with E-state index < -0.39 is 10.0 Å². The Morgan fingerprint density at radius 1 is 1.17 bits per heavy atom. The second-order valence-electron chi connectivity index (χ2n) is 5.37. The van der Waals surface area contributed by atoms with E-state index in [4.69, 9.17) is 0 Å². The second-order valence-corrected chi connectivity index (χ2v) is 7.29. The highest BCUT2D eigenvalue weighted by molar-refractivity contribution is 7.89. The van der Waals surface area contributed by atoms with E-state index in [0.29, 0.717) is 25.2 Å². The number of likely N-dealkylation sites (tertiary alicyclic amines) is 1. The Kier molecular flexibility index (Phi) is 6.55. The van der Waals surface area contributed by atoms with E-state index in [1.807, 2.05) is 13.8 Å². The minimum atomic E-state index is -3.14. The van der Waals surface area contributed by atoms with Crippen molar-refractivity contribution in [1.29, 1.82) is 0 Å². The summed E-state index contributed by atoms with van der Waals surface area (Å²) in [6, 6.07) is 0.615. The van der Waals surface area contributed by atoms with Crippen LogP contribution in [0.1, 0.15) is 33.6 Å². The molecule has 0 aromatic carbocycles. The van der Waals surface area contributed by atoms with E-state index in [2.05, 4.69) is 21.9 Å². The van der Waals surface area contributed by atoms with Crippen LogP contribution < -0.4 is 10.0 Å². The lowest BCUT2D eigenvalue weighted by molar-refractivity contribution is 0.260. The molecule has 0 spiro atoms. The normalized spacial score (nSPS) is 19.6. The van der Waals surface area contributed by atoms with Gasteiger partial charge in [0.2, 0.25) is 10.0 Å². The number of hydrogen-bond acceptors (Lipinski definition) is 4. The van der Waals surface area contributed by atoms with Gasteiger partial charge >= 0.3 is 0 Å². The maximum atomic E-state index is 11.8. The lowest BCUT2D eigenvalue weighted by Gasteiger charge is -2.23. The molecule has 1 unspecified atom stereocenters. The van der Waals surface area contributed by atoms with Gasteiger partial charge in [-0.25, -0.2) is 13.1 Å². The van der Waals surface area contributed by atoms with E-state index >= 15 is 0 Å². The van der Waals surface area contributed by atoms with Gasteiger partial charge in [-0.15, -0.1) is 0 Å². The van der Waals surface area contributed by atoms with Crippen LogP contribution in [0.25, 0.3) is 0 Å². The third kappa shape index (κ3) is 6.13. The Morgan fingerprint density at radius 3 is 2.33 bits per heavy atom. The zero-order valence-electron chi connectivity index (χ0n) is 11.8. The van der Waals surface area contributed by atoms with Crippen LogP contribution in [-0.4, -0.2) is 57.3 Å². The van der Waals surface area contributed by atoms with Crippen LogP contribution in [0.15, 0.2) is 0 Å². The van der Waals surface area contributed by atoms with Crippen LogP contribution in [0.3, 0.4) is 0 Å². The van der Waals surface area contributed by atoms with Crippen LogP contribution in [-0.2, 0) is 10.0 Å². The molecule has 1 saturated heterocycles. The largest absolute Gasteiger partial charge is 0.313 e. The molecule has 0 aromatic rings. The van der Waals surface area contributed by atoms with Gasteiger partial charge in [0.15, 0.2) is 0 Å². The van der Waals surface area contributed by atoms with E-state index in [9.17, 15) is 8.42 Å². The second kappa shape index (κ2) is 7.43. The summed E-state index contributed by atoms with van der Waals surface area (Å²) in [5.74, 6) is 0.151. The fourth-order valence-electron chi connectivity index (χ4n) is 2.11. The van der Waals surface area contributed by atoms with Crippen molar-refractivity contribution in [1.82, 2.24) is 14.9 Å². The predicted molar refractivity (Wildman–Crippen MR) is 75.2 cm³/mol. The minimum absolute atomic E-state index is 0.151.